The number of aromatic nitrogens is 1. The maximum atomic E-state index is 12.5. The van der Waals surface area contributed by atoms with E-state index in [1.165, 1.54) is 66.3 Å². The van der Waals surface area contributed by atoms with Gasteiger partial charge in [-0.3, -0.25) is 24.6 Å². The van der Waals surface area contributed by atoms with Crippen molar-refractivity contribution in [2.45, 2.75) is 4.90 Å². The number of carbonyl (C=O) groups is 1. The summed E-state index contributed by atoms with van der Waals surface area (Å²) in [4.78, 5) is 26.7. The first kappa shape index (κ1) is 21.2. The van der Waals surface area contributed by atoms with Crippen molar-refractivity contribution in [1.29, 1.82) is 0 Å². The fraction of sp³-hybridized carbons (Fsp3) is 0. The molecule has 2 aromatic carbocycles. The summed E-state index contributed by atoms with van der Waals surface area (Å²) in [5, 5.41) is 13.9. The van der Waals surface area contributed by atoms with Gasteiger partial charge in [0.05, 0.1) is 21.5 Å². The number of furan rings is 1. The number of rotatable bonds is 7. The zero-order valence-electron chi connectivity index (χ0n) is 16.1. The van der Waals surface area contributed by atoms with Gasteiger partial charge in [0.15, 0.2) is 5.76 Å². The van der Waals surface area contributed by atoms with Crippen LogP contribution in [0.3, 0.4) is 0 Å². The van der Waals surface area contributed by atoms with E-state index in [0.29, 0.717) is 22.0 Å². The van der Waals surface area contributed by atoms with E-state index < -0.39 is 20.9 Å². The van der Waals surface area contributed by atoms with Gasteiger partial charge in [0.25, 0.3) is 21.6 Å². The van der Waals surface area contributed by atoms with Gasteiger partial charge in [0.1, 0.15) is 10.8 Å². The van der Waals surface area contributed by atoms with Crippen LogP contribution in [0.4, 0.5) is 16.4 Å². The zero-order valence-corrected chi connectivity index (χ0v) is 17.7. The molecule has 2 aromatic heterocycles. The summed E-state index contributed by atoms with van der Waals surface area (Å²) in [5.74, 6) is -0.260. The number of nitro groups is 1. The molecule has 0 aliphatic carbocycles. The van der Waals surface area contributed by atoms with Crippen molar-refractivity contribution in [1.82, 2.24) is 4.98 Å². The Morgan fingerprint density at radius 2 is 1.88 bits per heavy atom. The van der Waals surface area contributed by atoms with E-state index in [1.54, 1.807) is 6.07 Å². The van der Waals surface area contributed by atoms with Gasteiger partial charge in [0.2, 0.25) is 0 Å². The predicted molar refractivity (Wildman–Crippen MR) is 118 cm³/mol. The predicted octanol–water partition coefficient (Wildman–Crippen LogP) is 4.36. The molecule has 4 aromatic rings. The molecule has 0 spiro atoms. The number of hydrogen-bond acceptors (Lipinski definition) is 8. The van der Waals surface area contributed by atoms with Gasteiger partial charge < -0.3 is 9.73 Å². The molecule has 162 valence electrons. The summed E-state index contributed by atoms with van der Waals surface area (Å²) in [6, 6.07) is 14.5. The number of nitrogens with zero attached hydrogens (tertiary/aromatic N) is 2. The molecule has 0 bridgehead atoms. The third kappa shape index (κ3) is 4.66. The Morgan fingerprint density at radius 3 is 2.56 bits per heavy atom. The van der Waals surface area contributed by atoms with Crippen LogP contribution in [0.2, 0.25) is 0 Å². The van der Waals surface area contributed by atoms with Crippen LogP contribution in [0, 0.1) is 10.1 Å². The molecule has 0 fully saturated rings. The van der Waals surface area contributed by atoms with Gasteiger partial charge >= 0.3 is 0 Å². The molecule has 2 heterocycles. The molecule has 0 atom stereocenters. The number of benzene rings is 2. The van der Waals surface area contributed by atoms with Crippen molar-refractivity contribution in [2.75, 3.05) is 10.0 Å². The number of carbonyl (C=O) groups excluding carboxylic acids is 1. The first-order valence-corrected chi connectivity index (χ1v) is 11.4. The van der Waals surface area contributed by atoms with E-state index in [0.717, 1.165) is 11.3 Å². The lowest BCUT2D eigenvalue weighted by molar-refractivity contribution is -0.384. The topological polar surface area (TPSA) is 144 Å². The molecule has 0 aliphatic rings. The minimum absolute atomic E-state index is 0.00457. The number of anilines is 2. The molecule has 10 nitrogen and oxygen atoms in total. The molecule has 32 heavy (non-hydrogen) atoms. The van der Waals surface area contributed by atoms with Gasteiger partial charge in [-0.1, -0.05) is 12.1 Å². The van der Waals surface area contributed by atoms with E-state index in [4.69, 9.17) is 4.42 Å². The van der Waals surface area contributed by atoms with Crippen LogP contribution in [-0.2, 0) is 10.0 Å². The highest BCUT2D eigenvalue weighted by molar-refractivity contribution is 7.93. The number of sulfonamides is 1. The smallest absolute Gasteiger partial charge is 0.291 e. The Bertz CT molecular complexity index is 1380. The highest BCUT2D eigenvalue weighted by Crippen LogP contribution is 2.26. The molecule has 0 unspecified atom stereocenters. The number of hydrogen-bond donors (Lipinski definition) is 2. The molecule has 0 aliphatic heterocycles. The van der Waals surface area contributed by atoms with Crippen LogP contribution in [0.1, 0.15) is 10.6 Å². The Labute approximate surface area is 185 Å². The first-order chi connectivity index (χ1) is 15.3. The van der Waals surface area contributed by atoms with Gasteiger partial charge in [-0.25, -0.2) is 8.42 Å². The summed E-state index contributed by atoms with van der Waals surface area (Å²) in [7, 11) is -3.78. The minimum Gasteiger partial charge on any atom is -0.451 e. The van der Waals surface area contributed by atoms with Crippen LogP contribution in [0.25, 0.3) is 11.3 Å². The number of nitrogens with one attached hydrogen (secondary N) is 2. The van der Waals surface area contributed by atoms with Crippen molar-refractivity contribution >= 4 is 43.6 Å². The monoisotopic (exact) mass is 470 g/mol. The minimum atomic E-state index is -3.78. The van der Waals surface area contributed by atoms with Gasteiger partial charge in [-0.15, -0.1) is 11.3 Å². The molecule has 2 N–H and O–H groups in total. The summed E-state index contributed by atoms with van der Waals surface area (Å²) in [5.41, 5.74) is 2.24. The third-order valence-electron chi connectivity index (χ3n) is 4.26. The Morgan fingerprint density at radius 1 is 1.09 bits per heavy atom. The van der Waals surface area contributed by atoms with Gasteiger partial charge in [-0.05, 0) is 36.4 Å². The van der Waals surface area contributed by atoms with Crippen LogP contribution in [0.15, 0.2) is 81.7 Å². The van der Waals surface area contributed by atoms with Crippen molar-refractivity contribution in [3.63, 3.8) is 0 Å². The number of nitro benzene ring substituents is 1. The van der Waals surface area contributed by atoms with Crippen molar-refractivity contribution in [2.24, 2.45) is 0 Å². The van der Waals surface area contributed by atoms with E-state index in [-0.39, 0.29) is 16.3 Å². The Kier molecular flexibility index (Phi) is 5.71. The van der Waals surface area contributed by atoms with Crippen LogP contribution >= 0.6 is 11.3 Å². The van der Waals surface area contributed by atoms with Gasteiger partial charge in [-0.2, -0.15) is 0 Å². The van der Waals surface area contributed by atoms with Crippen molar-refractivity contribution in [3.05, 3.63) is 88.2 Å². The summed E-state index contributed by atoms with van der Waals surface area (Å²) in [6.07, 6.45) is 1.40. The van der Waals surface area contributed by atoms with Crippen LogP contribution in [-0.4, -0.2) is 24.2 Å². The quantitative estimate of drug-likeness (QED) is 0.301. The van der Waals surface area contributed by atoms with Crippen LogP contribution in [0.5, 0.6) is 0 Å². The Hall–Kier alpha value is -4.03. The summed E-state index contributed by atoms with van der Waals surface area (Å²) < 4.78 is 32.7. The summed E-state index contributed by atoms with van der Waals surface area (Å²) in [6.45, 7) is 0. The Balaban J connectivity index is 1.46. The molecule has 0 saturated heterocycles. The average molecular weight is 470 g/mol. The zero-order chi connectivity index (χ0) is 22.7. The second-order valence-electron chi connectivity index (χ2n) is 6.42. The SMILES string of the molecule is O=C(Nc1ccc(S(=O)(=O)Nc2cncs2)cc1)c1ccc(-c2cccc([N+](=O)[O-])c2)o1. The highest BCUT2D eigenvalue weighted by atomic mass is 32.2. The number of thiazole rings is 1. The molecular weight excluding hydrogens is 456 g/mol. The lowest BCUT2D eigenvalue weighted by atomic mass is 10.1. The largest absolute Gasteiger partial charge is 0.451 e. The normalized spacial score (nSPS) is 11.1. The van der Waals surface area contributed by atoms with E-state index >= 15 is 0 Å². The fourth-order valence-electron chi connectivity index (χ4n) is 2.76. The maximum absolute atomic E-state index is 12.5. The standard InChI is InChI=1S/C20H14N4O6S2/c25-20(18-9-8-17(30-18)13-2-1-3-15(10-13)24(26)27)22-14-4-6-16(7-5-14)32(28,29)23-19-11-21-12-31-19/h1-12,23H,(H,22,25). The fourth-order valence-corrected chi connectivity index (χ4v) is 4.56. The molecule has 12 heteroatoms. The number of amides is 1. The van der Waals surface area contributed by atoms with Crippen LogP contribution < -0.4 is 10.0 Å². The summed E-state index contributed by atoms with van der Waals surface area (Å²) >= 11 is 1.15. The second-order valence-corrected chi connectivity index (χ2v) is 8.99. The van der Waals surface area contributed by atoms with E-state index in [1.807, 2.05) is 0 Å². The van der Waals surface area contributed by atoms with E-state index in [9.17, 15) is 23.3 Å². The number of non-ortho nitro benzene ring substituents is 1. The van der Waals surface area contributed by atoms with Gasteiger partial charge in [0, 0.05) is 23.4 Å². The lowest BCUT2D eigenvalue weighted by Crippen LogP contribution is -2.13. The highest BCUT2D eigenvalue weighted by Gasteiger charge is 2.17. The second kappa shape index (κ2) is 8.61. The van der Waals surface area contributed by atoms with E-state index in [2.05, 4.69) is 15.0 Å². The first-order valence-electron chi connectivity index (χ1n) is 8.99. The molecular formula is C20H14N4O6S2. The molecule has 4 rings (SSSR count). The third-order valence-corrected chi connectivity index (χ3v) is 6.46. The molecule has 0 saturated carbocycles. The average Bonchev–Trinajstić information content (AvgIpc) is 3.46. The molecule has 0 radical (unpaired) electrons. The molecule has 1 amide bonds. The van der Waals surface area contributed by atoms with Crippen molar-refractivity contribution in [3.8, 4) is 11.3 Å². The van der Waals surface area contributed by atoms with Crippen molar-refractivity contribution < 1.29 is 22.6 Å². The maximum Gasteiger partial charge on any atom is 0.291 e. The lowest BCUT2D eigenvalue weighted by Gasteiger charge is -2.07.